The lowest BCUT2D eigenvalue weighted by atomic mass is 9.96. The van der Waals surface area contributed by atoms with Gasteiger partial charge in [-0.25, -0.2) is 4.68 Å². The molecule has 0 amide bonds. The zero-order valence-electron chi connectivity index (χ0n) is 16.6. The van der Waals surface area contributed by atoms with Crippen molar-refractivity contribution in [2.24, 2.45) is 10.1 Å². The number of thiazole rings is 1. The Bertz CT molecular complexity index is 1190. The van der Waals surface area contributed by atoms with Crippen molar-refractivity contribution < 1.29 is 18.8 Å². The van der Waals surface area contributed by atoms with Gasteiger partial charge in [-0.15, -0.1) is 11.3 Å². The van der Waals surface area contributed by atoms with Gasteiger partial charge < -0.3 is 13.9 Å². The van der Waals surface area contributed by atoms with Crippen LogP contribution in [-0.2, 0) is 0 Å². The van der Waals surface area contributed by atoms with E-state index in [1.54, 1.807) is 17.0 Å². The molecule has 9 nitrogen and oxygen atoms in total. The van der Waals surface area contributed by atoms with Crippen molar-refractivity contribution in [3.63, 3.8) is 0 Å². The number of hydrogen-bond acceptors (Lipinski definition) is 8. The smallest absolute Gasteiger partial charge is 0.282 e. The molecule has 5 rings (SSSR count). The fraction of sp³-hybridized carbons (Fsp3) is 0.333. The minimum absolute atomic E-state index is 0.0411. The number of ether oxygens (including phenoxy) is 2. The Kier molecular flexibility index (Phi) is 5.29. The van der Waals surface area contributed by atoms with Crippen LogP contribution in [0.3, 0.4) is 0 Å². The van der Waals surface area contributed by atoms with E-state index in [1.165, 1.54) is 42.9 Å². The largest absolute Gasteiger partial charge is 0.463 e. The summed E-state index contributed by atoms with van der Waals surface area (Å²) in [4.78, 5) is 16.8. The van der Waals surface area contributed by atoms with Gasteiger partial charge in [-0.3, -0.25) is 15.1 Å². The number of benzene rings is 1. The highest BCUT2D eigenvalue weighted by atomic mass is 32.1. The van der Waals surface area contributed by atoms with Crippen LogP contribution in [0.25, 0.3) is 11.5 Å². The molecule has 160 valence electrons. The van der Waals surface area contributed by atoms with Crippen molar-refractivity contribution in [3.8, 4) is 23.0 Å². The molecule has 3 aromatic rings. The average molecular weight is 440 g/mol. The van der Waals surface area contributed by atoms with E-state index < -0.39 is 4.92 Å². The fourth-order valence-electron chi connectivity index (χ4n) is 3.79. The van der Waals surface area contributed by atoms with Gasteiger partial charge in [-0.2, -0.15) is 5.10 Å². The maximum absolute atomic E-state index is 11.6. The van der Waals surface area contributed by atoms with Crippen LogP contribution in [0.2, 0.25) is 0 Å². The van der Waals surface area contributed by atoms with Crippen LogP contribution in [0.1, 0.15) is 37.7 Å². The zero-order chi connectivity index (χ0) is 21.2. The summed E-state index contributed by atoms with van der Waals surface area (Å²) in [5, 5.41) is 18.1. The number of nitrogens with zero attached hydrogens (tertiary/aromatic N) is 4. The summed E-state index contributed by atoms with van der Waals surface area (Å²) in [5.74, 6) is 1.47. The van der Waals surface area contributed by atoms with Gasteiger partial charge in [-0.1, -0.05) is 19.3 Å². The van der Waals surface area contributed by atoms with E-state index in [-0.39, 0.29) is 18.5 Å². The van der Waals surface area contributed by atoms with Crippen molar-refractivity contribution in [2.45, 2.75) is 38.1 Å². The van der Waals surface area contributed by atoms with Gasteiger partial charge in [0.15, 0.2) is 17.3 Å². The van der Waals surface area contributed by atoms with Crippen LogP contribution in [0.5, 0.6) is 11.5 Å². The van der Waals surface area contributed by atoms with E-state index >= 15 is 0 Å². The summed E-state index contributed by atoms with van der Waals surface area (Å²) in [7, 11) is 0. The highest BCUT2D eigenvalue weighted by molar-refractivity contribution is 7.07. The molecule has 0 unspecified atom stereocenters. The molecule has 1 fully saturated rings. The predicted octanol–water partition coefficient (Wildman–Crippen LogP) is 4.56. The molecule has 0 saturated heterocycles. The maximum atomic E-state index is 11.6. The van der Waals surface area contributed by atoms with Gasteiger partial charge in [0.2, 0.25) is 11.6 Å². The molecule has 31 heavy (non-hydrogen) atoms. The summed E-state index contributed by atoms with van der Waals surface area (Å²) >= 11 is 1.48. The van der Waals surface area contributed by atoms with Crippen LogP contribution in [-0.4, -0.2) is 28.6 Å². The molecule has 1 saturated carbocycles. The highest BCUT2D eigenvalue weighted by Gasteiger charge is 2.23. The molecule has 1 aliphatic carbocycles. The lowest BCUT2D eigenvalue weighted by Gasteiger charge is -2.16. The van der Waals surface area contributed by atoms with Crippen molar-refractivity contribution in [1.29, 1.82) is 0 Å². The molecule has 2 aromatic heterocycles. The molecular formula is C21H20N4O5S. The molecule has 2 aliphatic rings. The second kappa shape index (κ2) is 8.38. The SMILES string of the molecule is O=[N+]([O-])c1cc2c(cc1C=Nn1c(-c3ccco3)csc1=NC1CCCCC1)OCO2. The standard InChI is InChI=1S/C21H20N4O5S/c26-25(27)16-10-20-19(29-13-30-20)9-14(16)11-22-24-17(18-7-4-8-28-18)12-31-21(24)23-15-5-2-1-3-6-15/h4,7-12,15H,1-3,5-6,13H2. The minimum atomic E-state index is -0.456. The van der Waals surface area contributed by atoms with Gasteiger partial charge >= 0.3 is 0 Å². The Hall–Kier alpha value is -3.40. The number of nitro groups is 1. The van der Waals surface area contributed by atoms with Gasteiger partial charge in [0.25, 0.3) is 5.69 Å². The van der Waals surface area contributed by atoms with E-state index in [2.05, 4.69) is 5.10 Å². The fourth-order valence-corrected chi connectivity index (χ4v) is 4.68. The number of rotatable bonds is 5. The van der Waals surface area contributed by atoms with E-state index in [1.807, 2.05) is 17.5 Å². The Morgan fingerprint density at radius 3 is 2.74 bits per heavy atom. The Morgan fingerprint density at radius 2 is 2.00 bits per heavy atom. The summed E-state index contributed by atoms with van der Waals surface area (Å²) in [6, 6.07) is 6.85. The van der Waals surface area contributed by atoms with Crippen molar-refractivity contribution in [3.05, 3.63) is 56.4 Å². The van der Waals surface area contributed by atoms with Crippen LogP contribution >= 0.6 is 11.3 Å². The third-order valence-electron chi connectivity index (χ3n) is 5.36. The molecule has 0 N–H and O–H groups in total. The molecule has 10 heteroatoms. The first-order valence-corrected chi connectivity index (χ1v) is 11.0. The second-order valence-electron chi connectivity index (χ2n) is 7.38. The molecule has 0 atom stereocenters. The van der Waals surface area contributed by atoms with E-state index in [4.69, 9.17) is 18.9 Å². The number of furan rings is 1. The first-order chi connectivity index (χ1) is 15.2. The topological polar surface area (TPSA) is 104 Å². The molecular weight excluding hydrogens is 420 g/mol. The summed E-state index contributed by atoms with van der Waals surface area (Å²) in [5.41, 5.74) is 0.959. The second-order valence-corrected chi connectivity index (χ2v) is 8.22. The van der Waals surface area contributed by atoms with Crippen LogP contribution in [0.15, 0.2) is 50.4 Å². The summed E-state index contributed by atoms with van der Waals surface area (Å²) in [6.07, 6.45) is 8.78. The summed E-state index contributed by atoms with van der Waals surface area (Å²) in [6.45, 7) is 0.0411. The van der Waals surface area contributed by atoms with Gasteiger partial charge in [0, 0.05) is 5.38 Å². The molecule has 0 bridgehead atoms. The van der Waals surface area contributed by atoms with Gasteiger partial charge in [0.05, 0.1) is 35.1 Å². The van der Waals surface area contributed by atoms with Crippen molar-refractivity contribution in [2.75, 3.05) is 6.79 Å². The zero-order valence-corrected chi connectivity index (χ0v) is 17.4. The molecule has 3 heterocycles. The maximum Gasteiger partial charge on any atom is 0.282 e. The van der Waals surface area contributed by atoms with E-state index in [0.717, 1.165) is 23.3 Å². The van der Waals surface area contributed by atoms with Crippen LogP contribution < -0.4 is 14.3 Å². The van der Waals surface area contributed by atoms with Gasteiger partial charge in [0.1, 0.15) is 5.69 Å². The number of nitro benzene ring substituents is 1. The third kappa shape index (κ3) is 3.98. The predicted molar refractivity (Wildman–Crippen MR) is 115 cm³/mol. The average Bonchev–Trinajstić information content (AvgIpc) is 3.53. The van der Waals surface area contributed by atoms with E-state index in [9.17, 15) is 10.1 Å². The van der Waals surface area contributed by atoms with Crippen molar-refractivity contribution >= 4 is 23.2 Å². The monoisotopic (exact) mass is 440 g/mol. The lowest BCUT2D eigenvalue weighted by Crippen LogP contribution is -2.19. The van der Waals surface area contributed by atoms with E-state index in [0.29, 0.717) is 22.8 Å². The van der Waals surface area contributed by atoms with Crippen molar-refractivity contribution in [1.82, 2.24) is 4.68 Å². The minimum Gasteiger partial charge on any atom is -0.463 e. The lowest BCUT2D eigenvalue weighted by molar-refractivity contribution is -0.385. The number of fused-ring (bicyclic) bond motifs is 1. The van der Waals surface area contributed by atoms with Gasteiger partial charge in [-0.05, 0) is 31.0 Å². The van der Waals surface area contributed by atoms with Crippen LogP contribution in [0.4, 0.5) is 5.69 Å². The Balaban J connectivity index is 1.58. The first-order valence-electron chi connectivity index (χ1n) is 10.1. The highest BCUT2D eigenvalue weighted by Crippen LogP contribution is 2.37. The summed E-state index contributed by atoms with van der Waals surface area (Å²) < 4.78 is 17.9. The number of hydrogen-bond donors (Lipinski definition) is 0. The molecule has 1 aliphatic heterocycles. The molecule has 0 spiro atoms. The number of aromatic nitrogens is 1. The third-order valence-corrected chi connectivity index (χ3v) is 6.19. The first kappa shape index (κ1) is 19.6. The quantitative estimate of drug-likeness (QED) is 0.329. The Morgan fingerprint density at radius 1 is 1.19 bits per heavy atom. The molecule has 1 aromatic carbocycles. The molecule has 0 radical (unpaired) electrons. The van der Waals surface area contributed by atoms with Crippen LogP contribution in [0, 0.1) is 10.1 Å². The Labute approximate surface area is 181 Å². The normalized spacial score (nSPS) is 17.0.